The Morgan fingerprint density at radius 3 is 2.96 bits per heavy atom. The number of thioether (sulfide) groups is 1. The van der Waals surface area contributed by atoms with Crippen molar-refractivity contribution in [1.82, 2.24) is 9.88 Å². The molecule has 0 bridgehead atoms. The first kappa shape index (κ1) is 18.9. The third kappa shape index (κ3) is 3.74. The van der Waals surface area contributed by atoms with Gasteiger partial charge in [-0.25, -0.2) is 4.79 Å². The van der Waals surface area contributed by atoms with Crippen molar-refractivity contribution in [3.05, 3.63) is 52.8 Å². The van der Waals surface area contributed by atoms with Crippen LogP contribution >= 0.6 is 23.4 Å². The van der Waals surface area contributed by atoms with Crippen LogP contribution in [0.2, 0.25) is 5.02 Å². The van der Waals surface area contributed by atoms with Crippen LogP contribution in [0.25, 0.3) is 0 Å². The Kier molecular flexibility index (Phi) is 5.32. The van der Waals surface area contributed by atoms with Gasteiger partial charge in [-0.3, -0.25) is 4.79 Å². The first-order chi connectivity index (χ1) is 13.5. The molecule has 9 heteroatoms. The van der Waals surface area contributed by atoms with Gasteiger partial charge in [0.2, 0.25) is 0 Å². The predicted octanol–water partition coefficient (Wildman–Crippen LogP) is 3.12. The van der Waals surface area contributed by atoms with Gasteiger partial charge in [-0.1, -0.05) is 28.9 Å². The minimum atomic E-state index is -0.667. The number of carbonyl (C=O) groups is 2. The number of nitrogens with one attached hydrogen (secondary N) is 1. The van der Waals surface area contributed by atoms with E-state index in [0.29, 0.717) is 11.6 Å². The van der Waals surface area contributed by atoms with Gasteiger partial charge in [-0.2, -0.15) is 0 Å². The topological polar surface area (TPSA) is 101 Å². The van der Waals surface area contributed by atoms with Crippen LogP contribution in [-0.2, 0) is 4.84 Å². The van der Waals surface area contributed by atoms with Gasteiger partial charge in [0.1, 0.15) is 11.5 Å². The quantitative estimate of drug-likeness (QED) is 0.345. The van der Waals surface area contributed by atoms with Crippen LogP contribution in [0.4, 0.5) is 0 Å². The van der Waals surface area contributed by atoms with Crippen molar-refractivity contribution < 1.29 is 14.4 Å². The number of aromatic amines is 1. The first-order valence-corrected chi connectivity index (χ1v) is 10.3. The number of oxime groups is 1. The van der Waals surface area contributed by atoms with E-state index in [2.05, 4.69) is 10.1 Å². The molecule has 0 saturated carbocycles. The summed E-state index contributed by atoms with van der Waals surface area (Å²) in [7, 11) is 0. The maximum atomic E-state index is 13.0. The number of halogens is 1. The van der Waals surface area contributed by atoms with E-state index in [1.165, 1.54) is 12.3 Å². The molecular weight excluding hydrogens is 400 g/mol. The molecule has 0 aliphatic carbocycles. The molecule has 4 rings (SSSR count). The van der Waals surface area contributed by atoms with Crippen LogP contribution in [0.1, 0.15) is 33.7 Å². The molecule has 0 radical (unpaired) electrons. The lowest BCUT2D eigenvalue weighted by Gasteiger charge is -2.38. The zero-order valence-corrected chi connectivity index (χ0v) is 16.5. The molecule has 1 amide bonds. The van der Waals surface area contributed by atoms with Crippen LogP contribution < -0.4 is 5.73 Å². The summed E-state index contributed by atoms with van der Waals surface area (Å²) in [5, 5.41) is 4.21. The molecule has 1 aromatic heterocycles. The molecule has 1 fully saturated rings. The molecule has 28 heavy (non-hydrogen) atoms. The second-order valence-electron chi connectivity index (χ2n) is 6.82. The summed E-state index contributed by atoms with van der Waals surface area (Å²) in [6, 6.07) is 9.28. The number of hydrogen-bond acceptors (Lipinski definition) is 5. The number of rotatable bonds is 3. The lowest BCUT2D eigenvalue weighted by atomic mass is 9.92. The molecule has 2 atom stereocenters. The SMILES string of the molecule is N/C(=N\OC(=O)c1cc(Cl)c[nH]1)C1CCC2CSc3ccccc3C(=O)N2C1. The number of nitrogens with zero attached hydrogens (tertiary/aromatic N) is 2. The van der Waals surface area contributed by atoms with Crippen LogP contribution in [0, 0.1) is 5.92 Å². The van der Waals surface area contributed by atoms with E-state index in [1.54, 1.807) is 11.8 Å². The van der Waals surface area contributed by atoms with Crippen LogP contribution in [0.5, 0.6) is 0 Å². The van der Waals surface area contributed by atoms with Crippen molar-refractivity contribution in [3.63, 3.8) is 0 Å². The lowest BCUT2D eigenvalue weighted by Crippen LogP contribution is -2.50. The Hall–Kier alpha value is -2.45. The monoisotopic (exact) mass is 418 g/mol. The zero-order valence-electron chi connectivity index (χ0n) is 14.9. The average molecular weight is 419 g/mol. The maximum absolute atomic E-state index is 13.0. The van der Waals surface area contributed by atoms with E-state index in [-0.39, 0.29) is 29.4 Å². The second-order valence-corrected chi connectivity index (χ2v) is 8.32. The van der Waals surface area contributed by atoms with Gasteiger partial charge in [-0.15, -0.1) is 11.8 Å². The molecule has 2 aliphatic heterocycles. The molecule has 2 aromatic rings. The van der Waals surface area contributed by atoms with Gasteiger partial charge >= 0.3 is 5.97 Å². The molecule has 1 aromatic carbocycles. The molecule has 2 aliphatic rings. The normalized spacial score (nSPS) is 22.2. The minimum Gasteiger partial charge on any atom is -0.384 e. The minimum absolute atomic E-state index is 0.0149. The number of benzene rings is 1. The highest BCUT2D eigenvalue weighted by molar-refractivity contribution is 7.99. The summed E-state index contributed by atoms with van der Waals surface area (Å²) in [6.07, 6.45) is 3.09. The van der Waals surface area contributed by atoms with Crippen molar-refractivity contribution in [2.75, 3.05) is 12.3 Å². The van der Waals surface area contributed by atoms with E-state index >= 15 is 0 Å². The molecule has 7 nitrogen and oxygen atoms in total. The number of piperidine rings is 1. The lowest BCUT2D eigenvalue weighted by molar-refractivity contribution is 0.0494. The molecular formula is C19H19ClN4O3S. The highest BCUT2D eigenvalue weighted by atomic mass is 35.5. The number of amidine groups is 1. The summed E-state index contributed by atoms with van der Waals surface area (Å²) >= 11 is 7.49. The number of fused-ring (bicyclic) bond motifs is 2. The Morgan fingerprint density at radius 2 is 2.18 bits per heavy atom. The zero-order chi connectivity index (χ0) is 19.7. The Balaban J connectivity index is 1.46. The summed E-state index contributed by atoms with van der Waals surface area (Å²) in [5.74, 6) is 0.258. The summed E-state index contributed by atoms with van der Waals surface area (Å²) in [5.41, 5.74) is 6.99. The maximum Gasteiger partial charge on any atom is 0.381 e. The molecule has 146 valence electrons. The highest BCUT2D eigenvalue weighted by Gasteiger charge is 2.36. The van der Waals surface area contributed by atoms with Crippen molar-refractivity contribution >= 4 is 41.1 Å². The number of aromatic nitrogens is 1. The fraction of sp³-hybridized carbons (Fsp3) is 0.316. The third-order valence-electron chi connectivity index (χ3n) is 5.04. The summed E-state index contributed by atoms with van der Waals surface area (Å²) in [4.78, 5) is 35.5. The number of carbonyl (C=O) groups excluding carboxylic acids is 2. The van der Waals surface area contributed by atoms with Gasteiger partial charge in [0.25, 0.3) is 5.91 Å². The van der Waals surface area contributed by atoms with Crippen molar-refractivity contribution in [3.8, 4) is 0 Å². The van der Waals surface area contributed by atoms with E-state index in [1.807, 2.05) is 29.2 Å². The standard InChI is InChI=1S/C19H19ClN4O3S/c20-12-7-15(22-8-12)19(26)27-23-17(21)11-5-6-13-10-28-16-4-2-1-3-14(16)18(25)24(13)9-11/h1-4,7-8,11,13,22H,5-6,9-10H2,(H2,21,23). The van der Waals surface area contributed by atoms with Crippen molar-refractivity contribution in [2.45, 2.75) is 23.8 Å². The summed E-state index contributed by atoms with van der Waals surface area (Å²) in [6.45, 7) is 0.458. The number of hydrogen-bond donors (Lipinski definition) is 2. The average Bonchev–Trinajstić information content (AvgIpc) is 3.10. The van der Waals surface area contributed by atoms with Crippen molar-refractivity contribution in [1.29, 1.82) is 0 Å². The fourth-order valence-electron chi connectivity index (χ4n) is 3.50. The largest absolute Gasteiger partial charge is 0.384 e. The molecule has 2 unspecified atom stereocenters. The van der Waals surface area contributed by atoms with Gasteiger partial charge < -0.3 is 20.5 Å². The number of nitrogens with two attached hydrogens (primary N) is 1. The van der Waals surface area contributed by atoms with Gasteiger partial charge in [0, 0.05) is 35.3 Å². The number of amides is 1. The van der Waals surface area contributed by atoms with E-state index < -0.39 is 5.97 Å². The summed E-state index contributed by atoms with van der Waals surface area (Å²) < 4.78 is 0. The smallest absolute Gasteiger partial charge is 0.381 e. The fourth-order valence-corrected chi connectivity index (χ4v) is 4.87. The van der Waals surface area contributed by atoms with E-state index in [4.69, 9.17) is 22.2 Å². The second kappa shape index (κ2) is 7.89. The van der Waals surface area contributed by atoms with Gasteiger partial charge in [0.05, 0.1) is 10.6 Å². The van der Waals surface area contributed by atoms with E-state index in [0.717, 1.165) is 29.1 Å². The van der Waals surface area contributed by atoms with Crippen LogP contribution in [0.3, 0.4) is 0 Å². The van der Waals surface area contributed by atoms with Crippen molar-refractivity contribution in [2.24, 2.45) is 16.8 Å². The molecule has 1 saturated heterocycles. The van der Waals surface area contributed by atoms with E-state index in [9.17, 15) is 9.59 Å². The van der Waals surface area contributed by atoms with Gasteiger partial charge in [-0.05, 0) is 31.0 Å². The van der Waals surface area contributed by atoms with Crippen LogP contribution in [0.15, 0.2) is 46.6 Å². The van der Waals surface area contributed by atoms with Crippen LogP contribution in [-0.4, -0.2) is 45.9 Å². The number of H-pyrrole nitrogens is 1. The predicted molar refractivity (Wildman–Crippen MR) is 108 cm³/mol. The molecule has 3 heterocycles. The van der Waals surface area contributed by atoms with Gasteiger partial charge in [0.15, 0.2) is 0 Å². The Labute approximate surface area is 171 Å². The first-order valence-electron chi connectivity index (χ1n) is 8.94. The Bertz CT molecular complexity index is 945. The Morgan fingerprint density at radius 1 is 1.36 bits per heavy atom. The molecule has 3 N–H and O–H groups in total. The third-order valence-corrected chi connectivity index (χ3v) is 6.47. The molecule has 0 spiro atoms. The highest BCUT2D eigenvalue weighted by Crippen LogP contribution is 2.34.